The van der Waals surface area contributed by atoms with Crippen molar-refractivity contribution in [1.82, 2.24) is 4.57 Å². The number of rotatable bonds is 4. The third-order valence-corrected chi connectivity index (χ3v) is 5.59. The van der Waals surface area contributed by atoms with E-state index in [1.807, 2.05) is 17.0 Å². The highest BCUT2D eigenvalue weighted by molar-refractivity contribution is 7.07. The molecule has 0 bridgehead atoms. The van der Waals surface area contributed by atoms with Gasteiger partial charge < -0.3 is 9.88 Å². The summed E-state index contributed by atoms with van der Waals surface area (Å²) in [5, 5.41) is 5.59. The zero-order chi connectivity index (χ0) is 16.9. The van der Waals surface area contributed by atoms with E-state index in [0.717, 1.165) is 16.2 Å². The third kappa shape index (κ3) is 4.48. The number of hydrogen-bond donors (Lipinski definition) is 1. The molecule has 0 saturated heterocycles. The van der Waals surface area contributed by atoms with Crippen LogP contribution in [-0.4, -0.2) is 16.5 Å². The van der Waals surface area contributed by atoms with Crippen molar-refractivity contribution in [3.05, 3.63) is 45.2 Å². The lowest BCUT2D eigenvalue weighted by Crippen LogP contribution is -2.22. The van der Waals surface area contributed by atoms with Gasteiger partial charge in [0.05, 0.1) is 12.5 Å². The number of halogens is 1. The minimum atomic E-state index is -0.0325. The van der Waals surface area contributed by atoms with Gasteiger partial charge in [-0.15, -0.1) is 11.3 Å². The summed E-state index contributed by atoms with van der Waals surface area (Å²) < 4.78 is 2.04. The highest BCUT2D eigenvalue weighted by Crippen LogP contribution is 2.20. The van der Waals surface area contributed by atoms with E-state index >= 15 is 0 Å². The molecule has 1 heterocycles. The van der Waals surface area contributed by atoms with Gasteiger partial charge in [-0.1, -0.05) is 30.9 Å². The molecule has 0 aliphatic heterocycles. The first-order valence-electron chi connectivity index (χ1n) is 8.34. The number of carbonyl (C=O) groups excluding carboxylic acids is 1. The molecule has 1 aromatic carbocycles. The maximum Gasteiger partial charge on any atom is 0.230 e. The molecule has 0 unspecified atom stereocenters. The van der Waals surface area contributed by atoms with Crippen molar-refractivity contribution >= 4 is 34.5 Å². The number of aromatic nitrogens is 1. The standard InChI is InChI=1S/C18H22ClN3OS/c1-22-16(11-17(23)20-15-9-7-13(19)8-10-15)12-24-18(22)21-14-5-3-2-4-6-14/h7-10,12,14H,2-6,11H2,1H3,(H,20,23). The molecule has 24 heavy (non-hydrogen) atoms. The lowest BCUT2D eigenvalue weighted by atomic mass is 9.96. The van der Waals surface area contributed by atoms with E-state index in [-0.39, 0.29) is 5.91 Å². The van der Waals surface area contributed by atoms with E-state index in [1.54, 1.807) is 35.6 Å². The molecular formula is C18H22ClN3OS. The molecule has 1 aliphatic carbocycles. The summed E-state index contributed by atoms with van der Waals surface area (Å²) >= 11 is 7.48. The van der Waals surface area contributed by atoms with Crippen LogP contribution in [0.5, 0.6) is 0 Å². The van der Waals surface area contributed by atoms with Crippen LogP contribution in [0.4, 0.5) is 5.69 Å². The Hall–Kier alpha value is -1.59. The lowest BCUT2D eigenvalue weighted by molar-refractivity contribution is -0.115. The number of nitrogens with zero attached hydrogens (tertiary/aromatic N) is 2. The van der Waals surface area contributed by atoms with Gasteiger partial charge in [-0.3, -0.25) is 9.79 Å². The first-order chi connectivity index (χ1) is 11.6. The Morgan fingerprint density at radius 1 is 1.29 bits per heavy atom. The fourth-order valence-electron chi connectivity index (χ4n) is 2.95. The van der Waals surface area contributed by atoms with Gasteiger partial charge in [0.25, 0.3) is 0 Å². The van der Waals surface area contributed by atoms with Crippen molar-refractivity contribution < 1.29 is 4.79 Å². The fourth-order valence-corrected chi connectivity index (χ4v) is 4.04. The van der Waals surface area contributed by atoms with Gasteiger partial charge in [0, 0.05) is 28.8 Å². The topological polar surface area (TPSA) is 46.4 Å². The van der Waals surface area contributed by atoms with Gasteiger partial charge in [0.15, 0.2) is 4.80 Å². The molecule has 2 aromatic rings. The minimum Gasteiger partial charge on any atom is -0.326 e. The summed E-state index contributed by atoms with van der Waals surface area (Å²) in [6, 6.07) is 7.58. The van der Waals surface area contributed by atoms with Crippen LogP contribution in [0.3, 0.4) is 0 Å². The number of carbonyl (C=O) groups is 1. The largest absolute Gasteiger partial charge is 0.326 e. The van der Waals surface area contributed by atoms with E-state index in [0.29, 0.717) is 17.5 Å². The van der Waals surface area contributed by atoms with Gasteiger partial charge in [0.2, 0.25) is 5.91 Å². The highest BCUT2D eigenvalue weighted by atomic mass is 35.5. The maximum absolute atomic E-state index is 12.2. The minimum absolute atomic E-state index is 0.0325. The number of amides is 1. The zero-order valence-corrected chi connectivity index (χ0v) is 15.4. The Bertz CT molecular complexity index is 757. The van der Waals surface area contributed by atoms with Crippen LogP contribution in [0.2, 0.25) is 5.02 Å². The molecule has 1 fully saturated rings. The summed E-state index contributed by atoms with van der Waals surface area (Å²) in [6.07, 6.45) is 6.60. The van der Waals surface area contributed by atoms with Crippen LogP contribution < -0.4 is 10.1 Å². The van der Waals surface area contributed by atoms with Crippen LogP contribution in [0.1, 0.15) is 37.8 Å². The van der Waals surface area contributed by atoms with Crippen molar-refractivity contribution in [1.29, 1.82) is 0 Å². The number of nitrogens with one attached hydrogen (secondary N) is 1. The normalized spacial score (nSPS) is 16.3. The van der Waals surface area contributed by atoms with Gasteiger partial charge in [-0.2, -0.15) is 0 Å². The smallest absolute Gasteiger partial charge is 0.230 e. The molecule has 0 radical (unpaired) electrons. The van der Waals surface area contributed by atoms with Crippen molar-refractivity contribution in [3.8, 4) is 0 Å². The molecule has 3 rings (SSSR count). The van der Waals surface area contributed by atoms with Crippen LogP contribution in [0.25, 0.3) is 0 Å². The molecule has 128 valence electrons. The van der Waals surface area contributed by atoms with Gasteiger partial charge in [0.1, 0.15) is 0 Å². The van der Waals surface area contributed by atoms with Crippen LogP contribution in [0.15, 0.2) is 34.6 Å². The Morgan fingerprint density at radius 3 is 2.71 bits per heavy atom. The fraction of sp³-hybridized carbons (Fsp3) is 0.444. The van der Waals surface area contributed by atoms with Crippen molar-refractivity contribution in [2.75, 3.05) is 5.32 Å². The molecule has 1 amide bonds. The van der Waals surface area contributed by atoms with Crippen molar-refractivity contribution in [2.45, 2.75) is 44.6 Å². The SMILES string of the molecule is Cn1c(CC(=O)Nc2ccc(Cl)cc2)csc1=NC1CCCCC1. The molecule has 4 nitrogen and oxygen atoms in total. The van der Waals surface area contributed by atoms with E-state index in [2.05, 4.69) is 5.32 Å². The number of hydrogen-bond acceptors (Lipinski definition) is 3. The highest BCUT2D eigenvalue weighted by Gasteiger charge is 2.13. The first-order valence-corrected chi connectivity index (χ1v) is 9.60. The molecule has 0 atom stereocenters. The van der Waals surface area contributed by atoms with E-state index < -0.39 is 0 Å². The Balaban J connectivity index is 1.66. The summed E-state index contributed by atoms with van der Waals surface area (Å²) in [5.41, 5.74) is 1.75. The predicted molar refractivity (Wildman–Crippen MR) is 99.5 cm³/mol. The van der Waals surface area contributed by atoms with Crippen LogP contribution >= 0.6 is 22.9 Å². The third-order valence-electron chi connectivity index (χ3n) is 4.36. The monoisotopic (exact) mass is 363 g/mol. The van der Waals surface area contributed by atoms with Crippen molar-refractivity contribution in [2.24, 2.45) is 12.0 Å². The molecule has 1 aromatic heterocycles. The zero-order valence-electron chi connectivity index (χ0n) is 13.8. The molecular weight excluding hydrogens is 342 g/mol. The summed E-state index contributed by atoms with van der Waals surface area (Å²) in [6.45, 7) is 0. The summed E-state index contributed by atoms with van der Waals surface area (Å²) in [5.74, 6) is -0.0325. The van der Waals surface area contributed by atoms with E-state index in [9.17, 15) is 4.79 Å². The Kier molecular flexibility index (Phi) is 5.74. The summed E-state index contributed by atoms with van der Waals surface area (Å²) in [7, 11) is 1.99. The lowest BCUT2D eigenvalue weighted by Gasteiger charge is -2.16. The van der Waals surface area contributed by atoms with Crippen LogP contribution in [-0.2, 0) is 18.3 Å². The van der Waals surface area contributed by atoms with Crippen molar-refractivity contribution in [3.63, 3.8) is 0 Å². The Morgan fingerprint density at radius 2 is 2.00 bits per heavy atom. The summed E-state index contributed by atoms with van der Waals surface area (Å²) in [4.78, 5) is 18.1. The van der Waals surface area contributed by atoms with Gasteiger partial charge >= 0.3 is 0 Å². The molecule has 6 heteroatoms. The maximum atomic E-state index is 12.2. The molecule has 1 saturated carbocycles. The van der Waals surface area contributed by atoms with E-state index in [1.165, 1.54) is 32.1 Å². The second kappa shape index (κ2) is 7.99. The van der Waals surface area contributed by atoms with Gasteiger partial charge in [-0.05, 0) is 37.1 Å². The van der Waals surface area contributed by atoms with E-state index in [4.69, 9.17) is 16.6 Å². The quantitative estimate of drug-likeness (QED) is 0.871. The average Bonchev–Trinajstić information content (AvgIpc) is 2.91. The molecule has 0 spiro atoms. The number of benzene rings is 1. The second-order valence-electron chi connectivity index (χ2n) is 6.22. The van der Waals surface area contributed by atoms with Crippen LogP contribution in [0, 0.1) is 0 Å². The number of anilines is 1. The Labute approximate surface area is 151 Å². The second-order valence-corrected chi connectivity index (χ2v) is 7.49. The molecule has 1 aliphatic rings. The first kappa shape index (κ1) is 17.2. The van der Waals surface area contributed by atoms with Gasteiger partial charge in [-0.25, -0.2) is 0 Å². The average molecular weight is 364 g/mol. The number of thiazole rings is 1. The molecule has 1 N–H and O–H groups in total. The predicted octanol–water partition coefficient (Wildman–Crippen LogP) is 4.15.